The molecule has 6 saturated heterocycles. The number of esters is 1. The zero-order chi connectivity index (χ0) is 44.1. The fraction of sp³-hybridized carbons (Fsp3) is 0.973. The van der Waals surface area contributed by atoms with Gasteiger partial charge in [-0.05, 0) is 68.1 Å². The number of hydrogen-bond donors (Lipinski definition) is 0. The van der Waals surface area contributed by atoms with Crippen LogP contribution in [0, 0.1) is 46.8 Å². The van der Waals surface area contributed by atoms with Gasteiger partial charge in [-0.2, -0.15) is 0 Å². The van der Waals surface area contributed by atoms with Crippen LogP contribution in [0.2, 0.25) is 48.4 Å². The molecular formula is C37H80O14Si8. The van der Waals surface area contributed by atoms with Crippen LogP contribution in [0.1, 0.15) is 131 Å². The van der Waals surface area contributed by atoms with Crippen molar-refractivity contribution in [3.8, 4) is 0 Å². The molecule has 8 bridgehead atoms. The molecule has 344 valence electrons. The Morgan fingerprint density at radius 3 is 0.797 bits per heavy atom. The third-order valence-corrected chi connectivity index (χ3v) is 50.7. The summed E-state index contributed by atoms with van der Waals surface area (Å²) in [6.45, 7) is 36.0. The maximum Gasteiger partial charge on any atom is 0.479 e. The quantitative estimate of drug-likeness (QED) is 0.0650. The summed E-state index contributed by atoms with van der Waals surface area (Å²) in [5.41, 5.74) is -0.613. The van der Waals surface area contributed by atoms with Crippen LogP contribution in [0.25, 0.3) is 0 Å². The van der Waals surface area contributed by atoms with Gasteiger partial charge in [-0.3, -0.25) is 4.79 Å². The molecule has 6 aliphatic heterocycles. The van der Waals surface area contributed by atoms with Crippen LogP contribution in [0.4, 0.5) is 0 Å². The minimum atomic E-state index is -4.11. The summed E-state index contributed by atoms with van der Waals surface area (Å²) in [6, 6.07) is 3.39. The van der Waals surface area contributed by atoms with Crippen molar-refractivity contribution in [3.63, 3.8) is 0 Å². The van der Waals surface area contributed by atoms with Crippen molar-refractivity contribution >= 4 is 76.4 Å². The van der Waals surface area contributed by atoms with Gasteiger partial charge in [0.1, 0.15) is 0 Å². The minimum Gasteiger partial charge on any atom is -0.465 e. The average Bonchev–Trinajstić information content (AvgIpc) is 2.96. The maximum atomic E-state index is 13.2. The standard InChI is InChI=1S/C37H80O14Si8/c1-18-37(16,17)36(38)39-20-19-21-52-40-53(22-29(2)3)43-56(25-32(8)9)45-54(41-52,23-30(4)5)47-58(27-34(12)13)48-55(42-52,24-31(6)7)46-57(44-53,26-33(10)11)50-59(49-56,51-58)28-35(14)15/h29-35H,18-28H2,1-17H3. The van der Waals surface area contributed by atoms with Crippen LogP contribution >= 0.6 is 0 Å². The molecule has 6 aliphatic rings. The van der Waals surface area contributed by atoms with Gasteiger partial charge in [-0.1, -0.05) is 104 Å². The van der Waals surface area contributed by atoms with Crippen molar-refractivity contribution in [2.24, 2.45) is 46.8 Å². The highest BCUT2D eigenvalue weighted by atomic mass is 28.6. The highest BCUT2D eigenvalue weighted by Crippen LogP contribution is 2.56. The average molecular weight is 974 g/mol. The summed E-state index contributed by atoms with van der Waals surface area (Å²) in [7, 11) is -31.9. The molecule has 0 unspecified atom stereocenters. The van der Waals surface area contributed by atoms with Gasteiger partial charge in [0, 0.05) is 48.4 Å². The predicted octanol–water partition coefficient (Wildman–Crippen LogP) is 9.73. The van der Waals surface area contributed by atoms with Gasteiger partial charge in [0.25, 0.3) is 0 Å². The van der Waals surface area contributed by atoms with Crippen molar-refractivity contribution in [3.05, 3.63) is 0 Å². The highest BCUT2D eigenvalue weighted by molar-refractivity contribution is 7.03. The smallest absolute Gasteiger partial charge is 0.465 e. The number of hydrogen-bond acceptors (Lipinski definition) is 14. The molecule has 0 spiro atoms. The number of carbonyl (C=O) groups is 1. The van der Waals surface area contributed by atoms with Crippen LogP contribution in [0.5, 0.6) is 0 Å². The normalized spacial score (nSPS) is 38.5. The molecule has 0 amide bonds. The molecule has 0 saturated carbocycles. The molecule has 22 heteroatoms. The molecule has 0 N–H and O–H groups in total. The van der Waals surface area contributed by atoms with E-state index in [1.54, 1.807) is 0 Å². The first kappa shape index (κ1) is 50.7. The third-order valence-electron chi connectivity index (χ3n) is 10.6. The lowest BCUT2D eigenvalue weighted by Crippen LogP contribution is -2.88. The van der Waals surface area contributed by atoms with Crippen molar-refractivity contribution < 1.29 is 58.9 Å². The Bertz CT molecular complexity index is 1300. The predicted molar refractivity (Wildman–Crippen MR) is 241 cm³/mol. The molecule has 0 aromatic heterocycles. The summed E-state index contributed by atoms with van der Waals surface area (Å²) in [6.07, 6.45) is 1.06. The molecule has 14 nitrogen and oxygen atoms in total. The molecule has 0 atom stereocenters. The lowest BCUT2D eigenvalue weighted by atomic mass is 9.91. The highest BCUT2D eigenvalue weighted by Gasteiger charge is 2.83. The fourth-order valence-corrected chi connectivity index (χ4v) is 60.2. The maximum absolute atomic E-state index is 13.2. The van der Waals surface area contributed by atoms with E-state index < -0.39 is 75.9 Å². The molecule has 6 heterocycles. The monoisotopic (exact) mass is 972 g/mol. The van der Waals surface area contributed by atoms with E-state index in [-0.39, 0.29) is 60.0 Å². The van der Waals surface area contributed by atoms with Crippen LogP contribution in [0.15, 0.2) is 0 Å². The van der Waals surface area contributed by atoms with Gasteiger partial charge in [-0.15, -0.1) is 0 Å². The van der Waals surface area contributed by atoms with Crippen LogP contribution in [-0.2, 0) is 58.9 Å². The second-order valence-electron chi connectivity index (χ2n) is 21.4. The first-order valence-electron chi connectivity index (χ1n) is 22.7. The van der Waals surface area contributed by atoms with E-state index >= 15 is 0 Å². The van der Waals surface area contributed by atoms with Gasteiger partial charge in [-0.25, -0.2) is 0 Å². The minimum absolute atomic E-state index is 0.0732. The largest absolute Gasteiger partial charge is 0.479 e. The lowest BCUT2D eigenvalue weighted by molar-refractivity contribution is -0.154. The van der Waals surface area contributed by atoms with E-state index in [0.29, 0.717) is 55.2 Å². The summed E-state index contributed by atoms with van der Waals surface area (Å²) in [5.74, 6) is 0.364. The fourth-order valence-electron chi connectivity index (χ4n) is 8.66. The zero-order valence-corrected chi connectivity index (χ0v) is 47.5. The molecule has 6 fully saturated rings. The second kappa shape index (κ2) is 18.5. The third kappa shape index (κ3) is 12.1. The van der Waals surface area contributed by atoms with Gasteiger partial charge in [0.05, 0.1) is 12.0 Å². The Balaban J connectivity index is 1.88. The topological polar surface area (TPSA) is 137 Å². The summed E-state index contributed by atoms with van der Waals surface area (Å²) >= 11 is 0. The lowest BCUT2D eigenvalue weighted by Gasteiger charge is -2.64. The van der Waals surface area contributed by atoms with Crippen LogP contribution < -0.4 is 0 Å². The molecular weight excluding hydrogens is 893 g/mol. The Labute approximate surface area is 365 Å². The van der Waals surface area contributed by atoms with E-state index in [9.17, 15) is 4.79 Å². The van der Waals surface area contributed by atoms with Crippen LogP contribution in [0.3, 0.4) is 0 Å². The Morgan fingerprint density at radius 2 is 0.610 bits per heavy atom. The molecule has 6 rings (SSSR count). The molecule has 0 aliphatic carbocycles. The van der Waals surface area contributed by atoms with E-state index in [1.165, 1.54) is 0 Å². The Hall–Kier alpha value is 0.725. The van der Waals surface area contributed by atoms with E-state index in [4.69, 9.17) is 54.1 Å². The number of rotatable bonds is 20. The van der Waals surface area contributed by atoms with Gasteiger partial charge in [0.2, 0.25) is 0 Å². The molecule has 0 aromatic rings. The van der Waals surface area contributed by atoms with Crippen molar-refractivity contribution in [2.45, 2.75) is 179 Å². The molecule has 0 radical (unpaired) electrons. The Morgan fingerprint density at radius 1 is 0.407 bits per heavy atom. The zero-order valence-electron chi connectivity index (χ0n) is 39.5. The first-order valence-corrected chi connectivity index (χ1v) is 38.1. The molecule has 59 heavy (non-hydrogen) atoms. The first-order chi connectivity index (χ1) is 27.1. The van der Waals surface area contributed by atoms with Crippen molar-refractivity contribution in [2.75, 3.05) is 6.61 Å². The Kier molecular flexibility index (Phi) is 15.9. The van der Waals surface area contributed by atoms with Gasteiger partial charge >= 0.3 is 76.4 Å². The summed E-state index contributed by atoms with van der Waals surface area (Å²) < 4.78 is 99.3. The van der Waals surface area contributed by atoms with E-state index in [2.05, 4.69) is 96.9 Å². The summed E-state index contributed by atoms with van der Waals surface area (Å²) in [5, 5.41) is 0. The van der Waals surface area contributed by atoms with Crippen LogP contribution in [-0.4, -0.2) is 83.0 Å². The van der Waals surface area contributed by atoms with E-state index in [0.717, 1.165) is 0 Å². The number of ether oxygens (including phenoxy) is 1. The van der Waals surface area contributed by atoms with Gasteiger partial charge < -0.3 is 54.1 Å². The van der Waals surface area contributed by atoms with Crippen molar-refractivity contribution in [1.29, 1.82) is 0 Å². The SMILES string of the molecule is CCC(C)(C)C(=O)OCCC[Si]12O[Si]3(CC(C)C)O[Si]4(CC(C)C)O[Si](CC(C)C)(O1)O[Si]1(CC(C)C)O[Si](CC(C)C)(O2)O[Si](CC(C)C)(O3)O[Si](CC(C)C)(O4)O1. The second-order valence-corrected chi connectivity index (χ2v) is 45.4. The molecule has 0 aromatic carbocycles. The van der Waals surface area contributed by atoms with Crippen molar-refractivity contribution in [1.82, 2.24) is 0 Å². The van der Waals surface area contributed by atoms with Gasteiger partial charge in [0.15, 0.2) is 0 Å². The summed E-state index contributed by atoms with van der Waals surface area (Å²) in [4.78, 5) is 13.2. The van der Waals surface area contributed by atoms with E-state index in [1.807, 2.05) is 20.8 Å². The number of carbonyl (C=O) groups excluding carboxylic acids is 1.